The molecule has 72 valence electrons. The molecule has 0 spiro atoms. The van der Waals surface area contributed by atoms with E-state index in [9.17, 15) is 8.42 Å². The van der Waals surface area contributed by atoms with Crippen molar-refractivity contribution in [2.75, 3.05) is 6.54 Å². The maximum Gasteiger partial charge on any atom is 0.242 e. The summed E-state index contributed by atoms with van der Waals surface area (Å²) < 4.78 is 25.0. The van der Waals surface area contributed by atoms with Gasteiger partial charge in [-0.3, -0.25) is 0 Å². The van der Waals surface area contributed by atoms with Crippen LogP contribution in [0.2, 0.25) is 5.15 Å². The maximum absolute atomic E-state index is 11.3. The Morgan fingerprint density at radius 1 is 1.54 bits per heavy atom. The van der Waals surface area contributed by atoms with Crippen molar-refractivity contribution in [2.24, 2.45) is 0 Å². The Kier molecular flexibility index (Phi) is 3.24. The molecule has 0 saturated carbocycles. The third-order valence-corrected chi connectivity index (χ3v) is 3.10. The molecule has 0 radical (unpaired) electrons. The topological polar surface area (TPSA) is 59.1 Å². The van der Waals surface area contributed by atoms with Crippen molar-refractivity contribution in [1.82, 2.24) is 9.71 Å². The molecule has 0 amide bonds. The molecule has 1 N–H and O–H groups in total. The predicted octanol–water partition coefficient (Wildman–Crippen LogP) is 1.03. The highest BCUT2D eigenvalue weighted by Crippen LogP contribution is 2.09. The van der Waals surface area contributed by atoms with Crippen LogP contribution < -0.4 is 4.72 Å². The Bertz CT molecular complexity index is 374. The van der Waals surface area contributed by atoms with Gasteiger partial charge in [0.2, 0.25) is 10.0 Å². The fraction of sp³-hybridized carbons (Fsp3) is 0.286. The van der Waals surface area contributed by atoms with Gasteiger partial charge in [0.15, 0.2) is 0 Å². The third kappa shape index (κ3) is 2.65. The zero-order valence-corrected chi connectivity index (χ0v) is 8.56. The second-order valence-electron chi connectivity index (χ2n) is 2.32. The van der Waals surface area contributed by atoms with E-state index in [1.807, 2.05) is 0 Å². The summed E-state index contributed by atoms with van der Waals surface area (Å²) in [7, 11) is -3.40. The van der Waals surface area contributed by atoms with Crippen LogP contribution in [0.1, 0.15) is 6.92 Å². The quantitative estimate of drug-likeness (QED) is 0.775. The lowest BCUT2D eigenvalue weighted by molar-refractivity contribution is 0.583. The second-order valence-corrected chi connectivity index (χ2v) is 4.47. The summed E-state index contributed by atoms with van der Waals surface area (Å²) in [5, 5.41) is 0.274. The molecular weight excluding hydrogens is 212 g/mol. The first-order chi connectivity index (χ1) is 6.06. The van der Waals surface area contributed by atoms with E-state index in [1.165, 1.54) is 18.3 Å². The van der Waals surface area contributed by atoms with Gasteiger partial charge in [0.25, 0.3) is 0 Å². The zero-order valence-electron chi connectivity index (χ0n) is 6.99. The molecule has 13 heavy (non-hydrogen) atoms. The molecule has 1 aromatic heterocycles. The summed E-state index contributed by atoms with van der Waals surface area (Å²) in [5.74, 6) is 0. The summed E-state index contributed by atoms with van der Waals surface area (Å²) in [5.41, 5.74) is 0. The van der Waals surface area contributed by atoms with Crippen molar-refractivity contribution in [3.8, 4) is 0 Å². The first-order valence-electron chi connectivity index (χ1n) is 3.67. The van der Waals surface area contributed by atoms with Crippen LogP contribution in [0.5, 0.6) is 0 Å². The van der Waals surface area contributed by atoms with Crippen LogP contribution in [-0.4, -0.2) is 19.9 Å². The van der Waals surface area contributed by atoms with E-state index in [-0.39, 0.29) is 10.0 Å². The number of aromatic nitrogens is 1. The Morgan fingerprint density at radius 2 is 2.23 bits per heavy atom. The van der Waals surface area contributed by atoms with E-state index >= 15 is 0 Å². The first kappa shape index (κ1) is 10.4. The molecule has 1 rings (SSSR count). The van der Waals surface area contributed by atoms with Crippen LogP contribution in [-0.2, 0) is 10.0 Å². The molecule has 0 atom stereocenters. The number of nitrogens with zero attached hydrogens (tertiary/aromatic N) is 1. The summed E-state index contributed by atoms with van der Waals surface area (Å²) >= 11 is 5.51. The van der Waals surface area contributed by atoms with E-state index < -0.39 is 10.0 Å². The number of sulfonamides is 1. The number of pyridine rings is 1. The van der Waals surface area contributed by atoms with Crippen molar-refractivity contribution >= 4 is 21.6 Å². The Labute approximate surface area is 82.0 Å². The largest absolute Gasteiger partial charge is 0.243 e. The molecule has 0 bridgehead atoms. The van der Waals surface area contributed by atoms with Gasteiger partial charge in [0.05, 0.1) is 0 Å². The van der Waals surface area contributed by atoms with Gasteiger partial charge < -0.3 is 0 Å². The van der Waals surface area contributed by atoms with Gasteiger partial charge in [0.1, 0.15) is 10.0 Å². The zero-order chi connectivity index (χ0) is 9.90. The molecule has 0 fully saturated rings. The van der Waals surface area contributed by atoms with E-state index in [0.717, 1.165) is 0 Å². The van der Waals surface area contributed by atoms with E-state index in [2.05, 4.69) is 9.71 Å². The molecule has 0 aliphatic carbocycles. The summed E-state index contributed by atoms with van der Waals surface area (Å²) in [6, 6.07) is 2.85. The van der Waals surface area contributed by atoms with Crippen LogP contribution in [0.15, 0.2) is 23.2 Å². The highest BCUT2D eigenvalue weighted by atomic mass is 35.5. The van der Waals surface area contributed by atoms with Gasteiger partial charge in [0, 0.05) is 12.7 Å². The van der Waals surface area contributed by atoms with Crippen molar-refractivity contribution in [3.63, 3.8) is 0 Å². The molecule has 0 saturated heterocycles. The number of rotatable bonds is 3. The molecule has 6 heteroatoms. The minimum absolute atomic E-state index is 0.124. The van der Waals surface area contributed by atoms with Gasteiger partial charge in [-0.1, -0.05) is 18.5 Å². The van der Waals surface area contributed by atoms with Gasteiger partial charge in [-0.15, -0.1) is 0 Å². The van der Waals surface area contributed by atoms with E-state index in [0.29, 0.717) is 6.54 Å². The van der Waals surface area contributed by atoms with Gasteiger partial charge in [-0.05, 0) is 12.1 Å². The summed E-state index contributed by atoms with van der Waals surface area (Å²) in [6.07, 6.45) is 1.22. The highest BCUT2D eigenvalue weighted by molar-refractivity contribution is 7.89. The highest BCUT2D eigenvalue weighted by Gasteiger charge is 2.11. The smallest absolute Gasteiger partial charge is 0.242 e. The molecule has 0 unspecified atom stereocenters. The monoisotopic (exact) mass is 220 g/mol. The standard InChI is InChI=1S/C7H9ClN2O2S/c1-2-10-13(11,12)6-3-4-7(8)9-5-6/h3-5,10H,2H2,1H3. The van der Waals surface area contributed by atoms with E-state index in [1.54, 1.807) is 6.92 Å². The fourth-order valence-electron chi connectivity index (χ4n) is 0.795. The van der Waals surface area contributed by atoms with Crippen molar-refractivity contribution in [3.05, 3.63) is 23.5 Å². The van der Waals surface area contributed by atoms with Crippen LogP contribution in [0.25, 0.3) is 0 Å². The summed E-state index contributed by atoms with van der Waals surface area (Å²) in [4.78, 5) is 3.80. The van der Waals surface area contributed by atoms with Crippen molar-refractivity contribution < 1.29 is 8.42 Å². The number of nitrogens with one attached hydrogen (secondary N) is 1. The fourth-order valence-corrected chi connectivity index (χ4v) is 1.89. The Morgan fingerprint density at radius 3 is 2.69 bits per heavy atom. The molecule has 1 heterocycles. The Balaban J connectivity index is 3.02. The normalized spacial score (nSPS) is 11.5. The van der Waals surface area contributed by atoms with Crippen molar-refractivity contribution in [1.29, 1.82) is 0 Å². The first-order valence-corrected chi connectivity index (χ1v) is 5.53. The molecular formula is C7H9ClN2O2S. The Hall–Kier alpha value is -0.650. The van der Waals surface area contributed by atoms with Gasteiger partial charge in [-0.2, -0.15) is 0 Å². The van der Waals surface area contributed by atoms with Crippen LogP contribution in [0, 0.1) is 0 Å². The lowest BCUT2D eigenvalue weighted by atomic mass is 10.5. The minimum Gasteiger partial charge on any atom is -0.243 e. The van der Waals surface area contributed by atoms with Crippen molar-refractivity contribution in [2.45, 2.75) is 11.8 Å². The number of hydrogen-bond donors (Lipinski definition) is 1. The minimum atomic E-state index is -3.40. The second kappa shape index (κ2) is 4.04. The number of hydrogen-bond acceptors (Lipinski definition) is 3. The average Bonchev–Trinajstić information content (AvgIpc) is 2.05. The lowest BCUT2D eigenvalue weighted by Gasteiger charge is -2.02. The average molecular weight is 221 g/mol. The van der Waals surface area contributed by atoms with E-state index in [4.69, 9.17) is 11.6 Å². The predicted molar refractivity (Wildman–Crippen MR) is 50.1 cm³/mol. The number of halogens is 1. The molecule has 1 aromatic rings. The van der Waals surface area contributed by atoms with Crippen LogP contribution in [0.3, 0.4) is 0 Å². The molecule has 0 aliphatic heterocycles. The van der Waals surface area contributed by atoms with Gasteiger partial charge >= 0.3 is 0 Å². The molecule has 4 nitrogen and oxygen atoms in total. The summed E-state index contributed by atoms with van der Waals surface area (Å²) in [6.45, 7) is 2.06. The molecule has 0 aromatic carbocycles. The maximum atomic E-state index is 11.3. The lowest BCUT2D eigenvalue weighted by Crippen LogP contribution is -2.23. The van der Waals surface area contributed by atoms with Crippen LogP contribution in [0.4, 0.5) is 0 Å². The third-order valence-electron chi connectivity index (χ3n) is 1.34. The SMILES string of the molecule is CCNS(=O)(=O)c1ccc(Cl)nc1. The van der Waals surface area contributed by atoms with Gasteiger partial charge in [-0.25, -0.2) is 18.1 Å². The molecule has 0 aliphatic rings. The van der Waals surface area contributed by atoms with Crippen LogP contribution >= 0.6 is 11.6 Å².